The van der Waals surface area contributed by atoms with Crippen LogP contribution in [0.1, 0.15) is 56.5 Å². The summed E-state index contributed by atoms with van der Waals surface area (Å²) in [6.45, 7) is 9.89. The molecule has 0 aromatic heterocycles. The van der Waals surface area contributed by atoms with Crippen molar-refractivity contribution in [1.82, 2.24) is 4.90 Å². The fourth-order valence-electron chi connectivity index (χ4n) is 3.48. The van der Waals surface area contributed by atoms with Crippen LogP contribution in [0.5, 0.6) is 5.75 Å². The molecule has 0 saturated carbocycles. The van der Waals surface area contributed by atoms with E-state index in [9.17, 15) is 4.79 Å². The molecular weight excluding hydrogens is 336 g/mol. The Morgan fingerprint density at radius 3 is 2.67 bits per heavy atom. The lowest BCUT2D eigenvalue weighted by Gasteiger charge is -2.47. The first kappa shape index (κ1) is 19.3. The molecule has 4 heteroatoms. The summed E-state index contributed by atoms with van der Waals surface area (Å²) in [6, 6.07) is 15.8. The Balaban J connectivity index is 2.00. The number of nitrogens with zero attached hydrogens (tertiary/aromatic N) is 1. The fourth-order valence-corrected chi connectivity index (χ4v) is 3.48. The molecule has 0 bridgehead atoms. The molecule has 4 nitrogen and oxygen atoms in total. The quantitative estimate of drug-likeness (QED) is 0.726. The Morgan fingerprint density at radius 1 is 1.15 bits per heavy atom. The monoisotopic (exact) mass is 366 g/mol. The maximum Gasteiger partial charge on any atom is 0.258 e. The Hall–Kier alpha value is -2.49. The van der Waals surface area contributed by atoms with Gasteiger partial charge in [-0.25, -0.2) is 0 Å². The second-order valence-electron chi connectivity index (χ2n) is 7.79. The van der Waals surface area contributed by atoms with Crippen LogP contribution in [-0.4, -0.2) is 24.0 Å². The van der Waals surface area contributed by atoms with Gasteiger partial charge in [-0.05, 0) is 43.5 Å². The van der Waals surface area contributed by atoms with Crippen LogP contribution in [0.25, 0.3) is 0 Å². The highest BCUT2D eigenvalue weighted by Gasteiger charge is 2.42. The smallest absolute Gasteiger partial charge is 0.258 e. The van der Waals surface area contributed by atoms with E-state index in [4.69, 9.17) is 4.74 Å². The van der Waals surface area contributed by atoms with Gasteiger partial charge < -0.3 is 15.0 Å². The van der Waals surface area contributed by atoms with Crippen LogP contribution < -0.4 is 10.1 Å². The van der Waals surface area contributed by atoms with Crippen molar-refractivity contribution < 1.29 is 9.53 Å². The van der Waals surface area contributed by atoms with E-state index in [1.165, 1.54) is 0 Å². The molecule has 1 atom stereocenters. The summed E-state index contributed by atoms with van der Waals surface area (Å²) in [7, 11) is 0. The number of carbonyl (C=O) groups excluding carboxylic acids is 1. The van der Waals surface area contributed by atoms with E-state index < -0.39 is 5.66 Å². The van der Waals surface area contributed by atoms with Crippen LogP contribution in [0.3, 0.4) is 0 Å². The van der Waals surface area contributed by atoms with Crippen LogP contribution in [0.4, 0.5) is 5.69 Å². The Morgan fingerprint density at radius 2 is 1.93 bits per heavy atom. The number of anilines is 1. The van der Waals surface area contributed by atoms with Gasteiger partial charge in [-0.1, -0.05) is 51.5 Å². The van der Waals surface area contributed by atoms with Gasteiger partial charge in [-0.15, -0.1) is 0 Å². The lowest BCUT2D eigenvalue weighted by Crippen LogP contribution is -2.56. The summed E-state index contributed by atoms with van der Waals surface area (Å²) in [5.41, 5.74) is 2.03. The summed E-state index contributed by atoms with van der Waals surface area (Å²) in [5, 5.41) is 3.62. The molecule has 0 radical (unpaired) electrons. The number of hydrogen-bond acceptors (Lipinski definition) is 3. The minimum absolute atomic E-state index is 0.0776. The van der Waals surface area contributed by atoms with E-state index in [1.54, 1.807) is 0 Å². The topological polar surface area (TPSA) is 41.6 Å². The van der Waals surface area contributed by atoms with Gasteiger partial charge in [-0.2, -0.15) is 0 Å². The number of carbonyl (C=O) groups is 1. The second-order valence-corrected chi connectivity index (χ2v) is 7.79. The van der Waals surface area contributed by atoms with Crippen molar-refractivity contribution in [3.05, 3.63) is 59.7 Å². The molecule has 144 valence electrons. The molecule has 0 saturated heterocycles. The van der Waals surface area contributed by atoms with Gasteiger partial charge in [0.1, 0.15) is 11.4 Å². The Kier molecular flexibility index (Phi) is 5.73. The molecule has 1 unspecified atom stereocenters. The summed E-state index contributed by atoms with van der Waals surface area (Å²) in [6.07, 6.45) is 2.01. The van der Waals surface area contributed by atoms with E-state index >= 15 is 0 Å². The average Bonchev–Trinajstić information content (AvgIpc) is 2.66. The zero-order valence-electron chi connectivity index (χ0n) is 16.8. The largest absolute Gasteiger partial charge is 0.493 e. The Labute approximate surface area is 162 Å². The highest BCUT2D eigenvalue weighted by molar-refractivity contribution is 6.02. The number of fused-ring (bicyclic) bond motifs is 1. The lowest BCUT2D eigenvalue weighted by molar-refractivity contribution is 0.0530. The van der Waals surface area contributed by atoms with Crippen LogP contribution in [0, 0.1) is 5.92 Å². The van der Waals surface area contributed by atoms with Gasteiger partial charge >= 0.3 is 0 Å². The molecule has 1 heterocycles. The van der Waals surface area contributed by atoms with Gasteiger partial charge in [0.2, 0.25) is 0 Å². The third-order valence-corrected chi connectivity index (χ3v) is 5.04. The molecule has 1 aliphatic rings. The molecular formula is C23H30N2O2. The maximum absolute atomic E-state index is 13.3. The molecule has 2 aromatic carbocycles. The summed E-state index contributed by atoms with van der Waals surface area (Å²) in [4.78, 5) is 15.2. The number of amides is 1. The van der Waals surface area contributed by atoms with E-state index in [0.29, 0.717) is 19.1 Å². The zero-order valence-corrected chi connectivity index (χ0v) is 16.8. The molecule has 0 aliphatic carbocycles. The molecule has 3 rings (SSSR count). The second kappa shape index (κ2) is 8.03. The van der Waals surface area contributed by atoms with Crippen molar-refractivity contribution in [3.8, 4) is 5.75 Å². The van der Waals surface area contributed by atoms with Gasteiger partial charge in [0.25, 0.3) is 5.91 Å². The van der Waals surface area contributed by atoms with Crippen molar-refractivity contribution in [1.29, 1.82) is 0 Å². The first-order valence-electron chi connectivity index (χ1n) is 9.88. The number of benzene rings is 2. The number of unbranched alkanes of at least 4 members (excludes halogenated alkanes) is 1. The van der Waals surface area contributed by atoms with Crippen molar-refractivity contribution in [2.45, 2.75) is 46.2 Å². The average molecular weight is 367 g/mol. The van der Waals surface area contributed by atoms with Crippen LogP contribution in [-0.2, 0) is 5.66 Å². The minimum atomic E-state index is -0.613. The van der Waals surface area contributed by atoms with Crippen molar-refractivity contribution in [3.63, 3.8) is 0 Å². The SMILES string of the molecule is CCCCN1C(=O)c2ccccc2NC1(C)c1cccc(OCC(C)C)c1. The predicted molar refractivity (Wildman–Crippen MR) is 110 cm³/mol. The molecule has 0 spiro atoms. The molecule has 0 fully saturated rings. The third kappa shape index (κ3) is 3.95. The van der Waals surface area contributed by atoms with E-state index in [1.807, 2.05) is 41.3 Å². The van der Waals surface area contributed by atoms with Gasteiger partial charge in [0.05, 0.1) is 12.2 Å². The summed E-state index contributed by atoms with van der Waals surface area (Å²) < 4.78 is 5.93. The molecule has 1 amide bonds. The highest BCUT2D eigenvalue weighted by Crippen LogP contribution is 2.38. The maximum atomic E-state index is 13.3. The highest BCUT2D eigenvalue weighted by atomic mass is 16.5. The summed E-state index contributed by atoms with van der Waals surface area (Å²) in [5.74, 6) is 1.38. The van der Waals surface area contributed by atoms with Crippen molar-refractivity contribution in [2.75, 3.05) is 18.5 Å². The number of nitrogens with one attached hydrogen (secondary N) is 1. The predicted octanol–water partition coefficient (Wildman–Crippen LogP) is 5.26. The standard InChI is InChI=1S/C23H30N2O2/c1-5-6-14-25-22(26)20-12-7-8-13-21(20)24-23(25,4)18-10-9-11-19(15-18)27-16-17(2)3/h7-13,15,17,24H,5-6,14,16H2,1-4H3. The summed E-state index contributed by atoms with van der Waals surface area (Å²) >= 11 is 0. The number of para-hydroxylation sites is 1. The zero-order chi connectivity index (χ0) is 19.4. The van der Waals surface area contributed by atoms with Gasteiger partial charge in [0.15, 0.2) is 0 Å². The van der Waals surface area contributed by atoms with Crippen LogP contribution in [0.15, 0.2) is 48.5 Å². The van der Waals surface area contributed by atoms with E-state index in [0.717, 1.165) is 35.4 Å². The number of rotatable bonds is 7. The van der Waals surface area contributed by atoms with Crippen molar-refractivity contribution in [2.24, 2.45) is 5.92 Å². The first-order valence-corrected chi connectivity index (χ1v) is 9.88. The van der Waals surface area contributed by atoms with Gasteiger partial charge in [-0.3, -0.25) is 4.79 Å². The number of hydrogen-bond donors (Lipinski definition) is 1. The first-order chi connectivity index (χ1) is 13.0. The van der Waals surface area contributed by atoms with E-state index in [2.05, 4.69) is 45.1 Å². The van der Waals surface area contributed by atoms with E-state index in [-0.39, 0.29) is 5.91 Å². The minimum Gasteiger partial charge on any atom is -0.493 e. The lowest BCUT2D eigenvalue weighted by atomic mass is 9.93. The fraction of sp³-hybridized carbons (Fsp3) is 0.435. The molecule has 1 aliphatic heterocycles. The Bertz CT molecular complexity index is 802. The van der Waals surface area contributed by atoms with Crippen LogP contribution in [0.2, 0.25) is 0 Å². The normalized spacial score (nSPS) is 19.0. The van der Waals surface area contributed by atoms with Gasteiger partial charge in [0, 0.05) is 17.8 Å². The molecule has 27 heavy (non-hydrogen) atoms. The molecule has 1 N–H and O–H groups in total. The third-order valence-electron chi connectivity index (χ3n) is 5.04. The van der Waals surface area contributed by atoms with Crippen molar-refractivity contribution >= 4 is 11.6 Å². The number of ether oxygens (including phenoxy) is 1. The molecule has 2 aromatic rings. The van der Waals surface area contributed by atoms with Crippen LogP contribution >= 0.6 is 0 Å².